The van der Waals surface area contributed by atoms with E-state index in [1.807, 2.05) is 6.20 Å². The highest BCUT2D eigenvalue weighted by molar-refractivity contribution is 5.81. The van der Waals surface area contributed by atoms with Crippen molar-refractivity contribution < 1.29 is 0 Å². The summed E-state index contributed by atoms with van der Waals surface area (Å²) in [6.45, 7) is 8.26. The Morgan fingerprint density at radius 1 is 1.25 bits per heavy atom. The first-order chi connectivity index (χ1) is 9.74. The fraction of sp³-hybridized carbons (Fsp3) is 0.500. The molecule has 1 unspecified atom stereocenters. The Balaban J connectivity index is 1.79. The van der Waals surface area contributed by atoms with Crippen LogP contribution in [0.25, 0.3) is 10.9 Å². The number of hydrogen-bond donors (Lipinski definition) is 0. The molecule has 106 valence electrons. The van der Waals surface area contributed by atoms with Gasteiger partial charge < -0.3 is 0 Å². The summed E-state index contributed by atoms with van der Waals surface area (Å²) in [6, 6.07) is 10.7. The first-order valence-corrected chi connectivity index (χ1v) is 7.79. The quantitative estimate of drug-likeness (QED) is 0.833. The van der Waals surface area contributed by atoms with Crippen LogP contribution < -0.4 is 0 Å². The van der Waals surface area contributed by atoms with Crippen molar-refractivity contribution in [1.29, 1.82) is 0 Å². The highest BCUT2D eigenvalue weighted by Crippen LogP contribution is 2.26. The molecule has 1 atom stereocenters. The standard InChI is InChI=1S/C18H24N2/c1-14(2)15-6-5-11-20(12-15)13-16-9-10-19-18-8-4-3-7-17(16)18/h3-4,7-10,14-15H,5-6,11-13H2,1-2H3. The molecule has 2 nitrogen and oxygen atoms in total. The molecule has 2 heterocycles. The summed E-state index contributed by atoms with van der Waals surface area (Å²) in [5.41, 5.74) is 2.53. The van der Waals surface area contributed by atoms with Crippen molar-refractivity contribution >= 4 is 10.9 Å². The van der Waals surface area contributed by atoms with Gasteiger partial charge in [-0.2, -0.15) is 0 Å². The minimum Gasteiger partial charge on any atom is -0.299 e. The molecule has 3 rings (SSSR count). The van der Waals surface area contributed by atoms with Crippen LogP contribution >= 0.6 is 0 Å². The highest BCUT2D eigenvalue weighted by Gasteiger charge is 2.22. The third-order valence-corrected chi connectivity index (χ3v) is 4.62. The smallest absolute Gasteiger partial charge is 0.0705 e. The molecule has 1 aromatic carbocycles. The van der Waals surface area contributed by atoms with E-state index in [9.17, 15) is 0 Å². The lowest BCUT2D eigenvalue weighted by Gasteiger charge is -2.35. The maximum absolute atomic E-state index is 4.46. The van der Waals surface area contributed by atoms with Crippen molar-refractivity contribution in [3.8, 4) is 0 Å². The molecule has 0 bridgehead atoms. The molecule has 0 saturated carbocycles. The molecule has 0 aliphatic carbocycles. The zero-order valence-electron chi connectivity index (χ0n) is 12.5. The average Bonchev–Trinajstić information content (AvgIpc) is 2.48. The van der Waals surface area contributed by atoms with Crippen LogP contribution in [0.1, 0.15) is 32.3 Å². The summed E-state index contributed by atoms with van der Waals surface area (Å²) >= 11 is 0. The van der Waals surface area contributed by atoms with Gasteiger partial charge in [0.25, 0.3) is 0 Å². The molecular weight excluding hydrogens is 244 g/mol. The molecule has 0 amide bonds. The summed E-state index contributed by atoms with van der Waals surface area (Å²) in [6.07, 6.45) is 4.68. The van der Waals surface area contributed by atoms with Gasteiger partial charge in [0.2, 0.25) is 0 Å². The molecule has 1 saturated heterocycles. The number of benzene rings is 1. The third kappa shape index (κ3) is 2.85. The van der Waals surface area contributed by atoms with Crippen molar-refractivity contribution in [3.05, 3.63) is 42.1 Å². The zero-order valence-corrected chi connectivity index (χ0v) is 12.5. The van der Waals surface area contributed by atoms with E-state index in [0.29, 0.717) is 0 Å². The molecule has 2 heteroatoms. The average molecular weight is 268 g/mol. The number of aromatic nitrogens is 1. The van der Waals surface area contributed by atoms with E-state index in [1.54, 1.807) is 0 Å². The number of nitrogens with zero attached hydrogens (tertiary/aromatic N) is 2. The molecule has 0 N–H and O–H groups in total. The van der Waals surface area contributed by atoms with Crippen molar-refractivity contribution in [2.45, 2.75) is 33.2 Å². The van der Waals surface area contributed by atoms with E-state index in [4.69, 9.17) is 0 Å². The number of fused-ring (bicyclic) bond motifs is 1. The predicted molar refractivity (Wildman–Crippen MR) is 84.6 cm³/mol. The minimum atomic E-state index is 0.798. The molecule has 2 aromatic rings. The summed E-state index contributed by atoms with van der Waals surface area (Å²) < 4.78 is 0. The van der Waals surface area contributed by atoms with E-state index >= 15 is 0 Å². The summed E-state index contributed by atoms with van der Waals surface area (Å²) in [5.74, 6) is 1.66. The summed E-state index contributed by atoms with van der Waals surface area (Å²) in [7, 11) is 0. The Morgan fingerprint density at radius 2 is 2.10 bits per heavy atom. The molecule has 1 fully saturated rings. The van der Waals surface area contributed by atoms with Crippen molar-refractivity contribution in [2.24, 2.45) is 11.8 Å². The number of rotatable bonds is 3. The fourth-order valence-corrected chi connectivity index (χ4v) is 3.31. The van der Waals surface area contributed by atoms with Crippen LogP contribution in [-0.2, 0) is 6.54 Å². The Labute approximate surface area is 121 Å². The summed E-state index contributed by atoms with van der Waals surface area (Å²) in [4.78, 5) is 7.08. The lowest BCUT2D eigenvalue weighted by Crippen LogP contribution is -2.36. The molecule has 0 radical (unpaired) electrons. The van der Waals surface area contributed by atoms with Crippen LogP contribution in [0.4, 0.5) is 0 Å². The van der Waals surface area contributed by atoms with Gasteiger partial charge in [0.05, 0.1) is 5.52 Å². The number of piperidine rings is 1. The second-order valence-electron chi connectivity index (χ2n) is 6.37. The second kappa shape index (κ2) is 5.92. The summed E-state index contributed by atoms with van der Waals surface area (Å²) in [5, 5.41) is 1.31. The SMILES string of the molecule is CC(C)C1CCCN(Cc2ccnc3ccccc23)C1. The Morgan fingerprint density at radius 3 is 2.95 bits per heavy atom. The predicted octanol–water partition coefficient (Wildman–Crippen LogP) is 4.10. The molecule has 1 aromatic heterocycles. The number of likely N-dealkylation sites (tertiary alicyclic amines) is 1. The lowest BCUT2D eigenvalue weighted by molar-refractivity contribution is 0.139. The van der Waals surface area contributed by atoms with Crippen LogP contribution in [0.5, 0.6) is 0 Å². The van der Waals surface area contributed by atoms with Crippen LogP contribution in [0.3, 0.4) is 0 Å². The highest BCUT2D eigenvalue weighted by atomic mass is 15.1. The van der Waals surface area contributed by atoms with E-state index in [1.165, 1.54) is 36.9 Å². The van der Waals surface area contributed by atoms with Crippen LogP contribution in [0, 0.1) is 11.8 Å². The van der Waals surface area contributed by atoms with Gasteiger partial charge >= 0.3 is 0 Å². The van der Waals surface area contributed by atoms with Gasteiger partial charge in [-0.25, -0.2) is 0 Å². The molecule has 20 heavy (non-hydrogen) atoms. The van der Waals surface area contributed by atoms with Gasteiger partial charge in [-0.3, -0.25) is 9.88 Å². The van der Waals surface area contributed by atoms with Gasteiger partial charge in [-0.05, 0) is 48.9 Å². The molecular formula is C18H24N2. The van der Waals surface area contributed by atoms with Crippen molar-refractivity contribution in [3.63, 3.8) is 0 Å². The Kier molecular flexibility index (Phi) is 4.02. The van der Waals surface area contributed by atoms with Gasteiger partial charge in [-0.1, -0.05) is 32.0 Å². The topological polar surface area (TPSA) is 16.1 Å². The van der Waals surface area contributed by atoms with E-state index in [2.05, 4.69) is 54.1 Å². The maximum atomic E-state index is 4.46. The normalized spacial score (nSPS) is 20.6. The monoisotopic (exact) mass is 268 g/mol. The Bertz CT molecular complexity index is 571. The van der Waals surface area contributed by atoms with Crippen molar-refractivity contribution in [1.82, 2.24) is 9.88 Å². The zero-order chi connectivity index (χ0) is 13.9. The maximum Gasteiger partial charge on any atom is 0.0705 e. The Hall–Kier alpha value is -1.41. The van der Waals surface area contributed by atoms with E-state index in [0.717, 1.165) is 23.9 Å². The van der Waals surface area contributed by atoms with Crippen LogP contribution in [-0.4, -0.2) is 23.0 Å². The molecule has 1 aliphatic heterocycles. The van der Waals surface area contributed by atoms with Gasteiger partial charge in [0.1, 0.15) is 0 Å². The number of pyridine rings is 1. The van der Waals surface area contributed by atoms with E-state index < -0.39 is 0 Å². The van der Waals surface area contributed by atoms with Gasteiger partial charge in [0.15, 0.2) is 0 Å². The number of hydrogen-bond acceptors (Lipinski definition) is 2. The molecule has 1 aliphatic rings. The largest absolute Gasteiger partial charge is 0.299 e. The minimum absolute atomic E-state index is 0.798. The number of para-hydroxylation sites is 1. The van der Waals surface area contributed by atoms with Gasteiger partial charge in [-0.15, -0.1) is 0 Å². The first kappa shape index (κ1) is 13.6. The lowest BCUT2D eigenvalue weighted by atomic mass is 9.87. The third-order valence-electron chi connectivity index (χ3n) is 4.62. The van der Waals surface area contributed by atoms with Gasteiger partial charge in [0, 0.05) is 24.7 Å². The second-order valence-corrected chi connectivity index (χ2v) is 6.37. The molecule has 0 spiro atoms. The first-order valence-electron chi connectivity index (χ1n) is 7.79. The van der Waals surface area contributed by atoms with Crippen molar-refractivity contribution in [2.75, 3.05) is 13.1 Å². The van der Waals surface area contributed by atoms with Crippen LogP contribution in [0.2, 0.25) is 0 Å². The van der Waals surface area contributed by atoms with E-state index in [-0.39, 0.29) is 0 Å². The fourth-order valence-electron chi connectivity index (χ4n) is 3.31. The van der Waals surface area contributed by atoms with Crippen LogP contribution in [0.15, 0.2) is 36.5 Å².